The van der Waals surface area contributed by atoms with Crippen LogP contribution in [0.1, 0.15) is 44.6 Å². The van der Waals surface area contributed by atoms with Crippen molar-refractivity contribution in [3.63, 3.8) is 0 Å². The van der Waals surface area contributed by atoms with Gasteiger partial charge in [0.05, 0.1) is 7.11 Å². The van der Waals surface area contributed by atoms with Gasteiger partial charge in [-0.15, -0.1) is 0 Å². The van der Waals surface area contributed by atoms with Gasteiger partial charge in [-0.3, -0.25) is 0 Å². The molecule has 2 atom stereocenters. The van der Waals surface area contributed by atoms with Gasteiger partial charge in [-0.05, 0) is 37.0 Å². The van der Waals surface area contributed by atoms with E-state index in [1.807, 2.05) is 6.07 Å². The first-order chi connectivity index (χ1) is 9.24. The maximum absolute atomic E-state index is 9.89. The zero-order valence-corrected chi connectivity index (χ0v) is 12.0. The number of aromatic hydroxyl groups is 1. The SMILES string of the molecule is CCC1CCCCC1NCc1cc(OC)ccc1O. The summed E-state index contributed by atoms with van der Waals surface area (Å²) in [6.45, 7) is 2.98. The molecule has 0 aromatic heterocycles. The van der Waals surface area contributed by atoms with Crippen LogP contribution in [0.3, 0.4) is 0 Å². The summed E-state index contributed by atoms with van der Waals surface area (Å²) in [5.74, 6) is 1.92. The lowest BCUT2D eigenvalue weighted by atomic mass is 9.83. The van der Waals surface area contributed by atoms with Crippen LogP contribution in [-0.4, -0.2) is 18.3 Å². The van der Waals surface area contributed by atoms with E-state index in [9.17, 15) is 5.11 Å². The van der Waals surface area contributed by atoms with Crippen molar-refractivity contribution in [3.8, 4) is 11.5 Å². The van der Waals surface area contributed by atoms with Gasteiger partial charge in [-0.2, -0.15) is 0 Å². The highest BCUT2D eigenvalue weighted by Crippen LogP contribution is 2.28. The van der Waals surface area contributed by atoms with Crippen LogP contribution in [0.15, 0.2) is 18.2 Å². The van der Waals surface area contributed by atoms with Gasteiger partial charge in [-0.25, -0.2) is 0 Å². The van der Waals surface area contributed by atoms with E-state index in [4.69, 9.17) is 4.74 Å². The largest absolute Gasteiger partial charge is 0.508 e. The molecule has 0 heterocycles. The summed E-state index contributed by atoms with van der Waals surface area (Å²) in [6.07, 6.45) is 6.50. The Kier molecular flexibility index (Phi) is 5.08. The lowest BCUT2D eigenvalue weighted by Crippen LogP contribution is -2.37. The summed E-state index contributed by atoms with van der Waals surface area (Å²) in [4.78, 5) is 0. The monoisotopic (exact) mass is 263 g/mol. The minimum atomic E-state index is 0.345. The van der Waals surface area contributed by atoms with Crippen LogP contribution in [0.5, 0.6) is 11.5 Å². The second-order valence-corrected chi connectivity index (χ2v) is 5.43. The molecule has 0 spiro atoms. The maximum atomic E-state index is 9.89. The molecule has 1 aromatic rings. The summed E-state index contributed by atoms with van der Waals surface area (Å²) in [6, 6.07) is 5.98. The fraction of sp³-hybridized carbons (Fsp3) is 0.625. The second-order valence-electron chi connectivity index (χ2n) is 5.43. The van der Waals surface area contributed by atoms with E-state index in [0.717, 1.165) is 17.2 Å². The Bertz CT molecular complexity index is 406. The number of rotatable bonds is 5. The molecule has 0 bridgehead atoms. The normalized spacial score (nSPS) is 23.3. The molecule has 2 N–H and O–H groups in total. The number of ether oxygens (including phenoxy) is 1. The third-order valence-corrected chi connectivity index (χ3v) is 4.27. The molecule has 0 saturated heterocycles. The van der Waals surface area contributed by atoms with Crippen LogP contribution >= 0.6 is 0 Å². The van der Waals surface area contributed by atoms with Gasteiger partial charge < -0.3 is 15.2 Å². The lowest BCUT2D eigenvalue weighted by Gasteiger charge is -2.31. The standard InChI is InChI=1S/C16H25NO2/c1-3-12-6-4-5-7-15(12)17-11-13-10-14(19-2)8-9-16(13)18/h8-10,12,15,17-18H,3-7,11H2,1-2H3. The van der Waals surface area contributed by atoms with E-state index in [0.29, 0.717) is 18.3 Å². The highest BCUT2D eigenvalue weighted by Gasteiger charge is 2.23. The Hall–Kier alpha value is -1.22. The van der Waals surface area contributed by atoms with Gasteiger partial charge in [0.2, 0.25) is 0 Å². The molecule has 0 aliphatic heterocycles. The van der Waals surface area contributed by atoms with Crippen LogP contribution < -0.4 is 10.1 Å². The summed E-state index contributed by atoms with van der Waals surface area (Å²) < 4.78 is 5.21. The van der Waals surface area contributed by atoms with Gasteiger partial charge >= 0.3 is 0 Å². The Morgan fingerprint density at radius 3 is 2.84 bits per heavy atom. The number of benzene rings is 1. The molecule has 1 fully saturated rings. The Labute approximate surface area is 116 Å². The fourth-order valence-electron chi connectivity index (χ4n) is 3.04. The highest BCUT2D eigenvalue weighted by atomic mass is 16.5. The zero-order valence-electron chi connectivity index (χ0n) is 12.0. The summed E-state index contributed by atoms with van der Waals surface area (Å²) in [5.41, 5.74) is 0.916. The third-order valence-electron chi connectivity index (χ3n) is 4.27. The van der Waals surface area contributed by atoms with E-state index in [-0.39, 0.29) is 0 Å². The van der Waals surface area contributed by atoms with E-state index in [1.54, 1.807) is 19.2 Å². The van der Waals surface area contributed by atoms with Crippen molar-refractivity contribution in [1.82, 2.24) is 5.32 Å². The summed E-state index contributed by atoms with van der Waals surface area (Å²) >= 11 is 0. The van der Waals surface area contributed by atoms with Gasteiger partial charge in [0.15, 0.2) is 0 Å². The fourth-order valence-corrected chi connectivity index (χ4v) is 3.04. The van der Waals surface area contributed by atoms with Crippen molar-refractivity contribution < 1.29 is 9.84 Å². The predicted molar refractivity (Wildman–Crippen MR) is 77.5 cm³/mol. The number of hydrogen-bond donors (Lipinski definition) is 2. The minimum absolute atomic E-state index is 0.345. The lowest BCUT2D eigenvalue weighted by molar-refractivity contribution is 0.253. The van der Waals surface area contributed by atoms with Crippen molar-refractivity contribution in [2.24, 2.45) is 5.92 Å². The van der Waals surface area contributed by atoms with E-state index in [1.165, 1.54) is 32.1 Å². The number of methoxy groups -OCH3 is 1. The molecule has 2 unspecified atom stereocenters. The molecule has 1 aliphatic rings. The molecule has 19 heavy (non-hydrogen) atoms. The van der Waals surface area contributed by atoms with Crippen LogP contribution in [0, 0.1) is 5.92 Å². The molecule has 1 saturated carbocycles. The first-order valence-electron chi connectivity index (χ1n) is 7.33. The molecular formula is C16H25NO2. The van der Waals surface area contributed by atoms with Crippen LogP contribution in [0.25, 0.3) is 0 Å². The summed E-state index contributed by atoms with van der Waals surface area (Å²) in [5, 5.41) is 13.5. The number of hydrogen-bond acceptors (Lipinski definition) is 3. The van der Waals surface area contributed by atoms with E-state index in [2.05, 4.69) is 12.2 Å². The quantitative estimate of drug-likeness (QED) is 0.855. The van der Waals surface area contributed by atoms with E-state index >= 15 is 0 Å². The molecule has 0 radical (unpaired) electrons. The van der Waals surface area contributed by atoms with Crippen molar-refractivity contribution in [1.29, 1.82) is 0 Å². The third kappa shape index (κ3) is 3.63. The Morgan fingerprint density at radius 2 is 2.11 bits per heavy atom. The van der Waals surface area contributed by atoms with Gasteiger partial charge in [0, 0.05) is 18.2 Å². The second kappa shape index (κ2) is 6.80. The van der Waals surface area contributed by atoms with Crippen LogP contribution in [-0.2, 0) is 6.54 Å². The predicted octanol–water partition coefficient (Wildman–Crippen LogP) is 3.46. The van der Waals surface area contributed by atoms with Crippen molar-refractivity contribution in [3.05, 3.63) is 23.8 Å². The Balaban J connectivity index is 1.97. The Morgan fingerprint density at radius 1 is 1.32 bits per heavy atom. The minimum Gasteiger partial charge on any atom is -0.508 e. The molecule has 0 amide bonds. The molecule has 3 heteroatoms. The average molecular weight is 263 g/mol. The number of nitrogens with one attached hydrogen (secondary N) is 1. The van der Waals surface area contributed by atoms with Crippen LogP contribution in [0.4, 0.5) is 0 Å². The topological polar surface area (TPSA) is 41.5 Å². The van der Waals surface area contributed by atoms with Crippen LogP contribution in [0.2, 0.25) is 0 Å². The molecule has 1 aromatic carbocycles. The van der Waals surface area contributed by atoms with E-state index < -0.39 is 0 Å². The first kappa shape index (κ1) is 14.2. The molecule has 3 nitrogen and oxygen atoms in total. The van der Waals surface area contributed by atoms with Gasteiger partial charge in [0.25, 0.3) is 0 Å². The summed E-state index contributed by atoms with van der Waals surface area (Å²) in [7, 11) is 1.65. The zero-order chi connectivity index (χ0) is 13.7. The molecular weight excluding hydrogens is 238 g/mol. The maximum Gasteiger partial charge on any atom is 0.120 e. The highest BCUT2D eigenvalue weighted by molar-refractivity contribution is 5.39. The number of phenols is 1. The first-order valence-corrected chi connectivity index (χ1v) is 7.33. The van der Waals surface area contributed by atoms with Gasteiger partial charge in [-0.1, -0.05) is 26.2 Å². The van der Waals surface area contributed by atoms with Gasteiger partial charge in [0.1, 0.15) is 11.5 Å². The molecule has 2 rings (SSSR count). The smallest absolute Gasteiger partial charge is 0.120 e. The molecule has 106 valence electrons. The average Bonchev–Trinajstić information content (AvgIpc) is 2.46. The molecule has 1 aliphatic carbocycles. The van der Waals surface area contributed by atoms with Crippen molar-refractivity contribution >= 4 is 0 Å². The van der Waals surface area contributed by atoms with Crippen molar-refractivity contribution in [2.75, 3.05) is 7.11 Å². The number of phenolic OH excluding ortho intramolecular Hbond substituents is 1. The van der Waals surface area contributed by atoms with Crippen molar-refractivity contribution in [2.45, 2.75) is 51.6 Å².